The summed E-state index contributed by atoms with van der Waals surface area (Å²) in [4.78, 5) is 4.63. The highest BCUT2D eigenvalue weighted by Gasteiger charge is 2.37. The molecule has 4 heteroatoms. The summed E-state index contributed by atoms with van der Waals surface area (Å²) >= 11 is 0. The number of nitrogens with zero attached hydrogens (tertiary/aromatic N) is 2. The van der Waals surface area contributed by atoms with Gasteiger partial charge in [0.05, 0.1) is 0 Å². The lowest BCUT2D eigenvalue weighted by Crippen LogP contribution is -2.35. The molecule has 4 aromatic rings. The highest BCUT2D eigenvalue weighted by atomic mass is 16.5. The summed E-state index contributed by atoms with van der Waals surface area (Å²) in [6.45, 7) is 2.91. The smallest absolute Gasteiger partial charge is 0.161 e. The van der Waals surface area contributed by atoms with Crippen LogP contribution in [0.1, 0.15) is 54.4 Å². The Hall–Kier alpha value is -3.92. The molecule has 0 bridgehead atoms. The fourth-order valence-corrected chi connectivity index (χ4v) is 6.59. The van der Waals surface area contributed by atoms with Gasteiger partial charge in [-0.25, -0.2) is 0 Å². The Bertz CT molecular complexity index is 1310. The van der Waals surface area contributed by atoms with Crippen molar-refractivity contribution in [3.8, 4) is 11.5 Å². The Balaban J connectivity index is 1.23. The Kier molecular flexibility index (Phi) is 5.96. The largest absolute Gasteiger partial charge is 0.473 e. The monoisotopic (exact) mass is 502 g/mol. The quantitative estimate of drug-likeness (QED) is 0.286. The van der Waals surface area contributed by atoms with Crippen molar-refractivity contribution in [3.63, 3.8) is 0 Å². The number of benzene rings is 4. The van der Waals surface area contributed by atoms with Gasteiger partial charge in [0.15, 0.2) is 13.5 Å². The van der Waals surface area contributed by atoms with E-state index in [1.54, 1.807) is 0 Å². The maximum atomic E-state index is 6.20. The zero-order valence-electron chi connectivity index (χ0n) is 21.8. The molecule has 4 aromatic carbocycles. The predicted octanol–water partition coefficient (Wildman–Crippen LogP) is 7.65. The van der Waals surface area contributed by atoms with Gasteiger partial charge in [-0.05, 0) is 72.5 Å². The van der Waals surface area contributed by atoms with E-state index in [1.807, 2.05) is 0 Å². The van der Waals surface area contributed by atoms with Gasteiger partial charge in [0.2, 0.25) is 0 Å². The van der Waals surface area contributed by atoms with Gasteiger partial charge in [-0.3, -0.25) is 0 Å². The summed E-state index contributed by atoms with van der Waals surface area (Å²) in [5, 5.41) is 0. The molecule has 1 aliphatic carbocycles. The summed E-state index contributed by atoms with van der Waals surface area (Å²) in [6, 6.07) is 35.1. The lowest BCUT2D eigenvalue weighted by atomic mass is 9.65. The van der Waals surface area contributed by atoms with Crippen molar-refractivity contribution in [3.05, 3.63) is 119 Å². The lowest BCUT2D eigenvalue weighted by molar-refractivity contribution is 0.286. The maximum Gasteiger partial charge on any atom is 0.161 e. The van der Waals surface area contributed by atoms with E-state index in [0.29, 0.717) is 13.5 Å². The third-order valence-corrected chi connectivity index (χ3v) is 8.65. The SMILES string of the molecule is c1ccc(N2COc3ccc(C4(c5ccc6c(c5)CN(c5ccccc5)CO6)CCCCC4)cc3C2)cc1. The van der Waals surface area contributed by atoms with Crippen molar-refractivity contribution >= 4 is 11.4 Å². The molecule has 4 nitrogen and oxygen atoms in total. The third kappa shape index (κ3) is 4.18. The first-order chi connectivity index (χ1) is 18.8. The molecule has 2 aliphatic heterocycles. The van der Waals surface area contributed by atoms with Crippen LogP contribution in [0.2, 0.25) is 0 Å². The number of rotatable bonds is 4. The summed E-state index contributed by atoms with van der Waals surface area (Å²) in [5.74, 6) is 2.04. The molecule has 0 amide bonds. The number of hydrogen-bond donors (Lipinski definition) is 0. The van der Waals surface area contributed by atoms with Gasteiger partial charge >= 0.3 is 0 Å². The topological polar surface area (TPSA) is 24.9 Å². The van der Waals surface area contributed by atoms with Crippen molar-refractivity contribution in [2.24, 2.45) is 0 Å². The summed E-state index contributed by atoms with van der Waals surface area (Å²) < 4.78 is 12.4. The fraction of sp³-hybridized carbons (Fsp3) is 0.294. The van der Waals surface area contributed by atoms with Crippen LogP contribution in [-0.4, -0.2) is 13.5 Å². The minimum Gasteiger partial charge on any atom is -0.473 e. The van der Waals surface area contributed by atoms with Crippen molar-refractivity contribution in [1.82, 2.24) is 0 Å². The van der Waals surface area contributed by atoms with E-state index in [0.717, 1.165) is 24.6 Å². The molecule has 0 aromatic heterocycles. The molecule has 0 atom stereocenters. The number of fused-ring (bicyclic) bond motifs is 2. The Labute approximate surface area is 225 Å². The van der Waals surface area contributed by atoms with E-state index < -0.39 is 0 Å². The molecule has 3 aliphatic rings. The molecule has 0 saturated heterocycles. The van der Waals surface area contributed by atoms with Crippen LogP contribution in [-0.2, 0) is 18.5 Å². The lowest BCUT2D eigenvalue weighted by Gasteiger charge is -2.40. The Morgan fingerprint density at radius 3 is 1.47 bits per heavy atom. The van der Waals surface area contributed by atoms with E-state index in [-0.39, 0.29) is 5.41 Å². The van der Waals surface area contributed by atoms with E-state index >= 15 is 0 Å². The van der Waals surface area contributed by atoms with Crippen LogP contribution in [0.5, 0.6) is 11.5 Å². The second kappa shape index (κ2) is 9.75. The molecule has 0 N–H and O–H groups in total. The zero-order valence-corrected chi connectivity index (χ0v) is 21.8. The Morgan fingerprint density at radius 1 is 0.526 bits per heavy atom. The standard InChI is InChI=1S/C34H34N2O2/c1-4-10-30(11-5-1)35-22-26-20-28(14-16-32(26)37-24-35)34(18-8-3-9-19-34)29-15-17-33-27(21-29)23-36(25-38-33)31-12-6-2-7-13-31/h1-2,4-7,10-17,20-21H,3,8-9,18-19,22-25H2. The highest BCUT2D eigenvalue weighted by molar-refractivity contribution is 5.55. The van der Waals surface area contributed by atoms with E-state index in [4.69, 9.17) is 9.47 Å². The second-order valence-corrected chi connectivity index (χ2v) is 10.9. The molecule has 0 spiro atoms. The molecular formula is C34H34N2O2. The highest BCUT2D eigenvalue weighted by Crippen LogP contribution is 2.47. The molecule has 2 heterocycles. The van der Waals surface area contributed by atoms with Crippen LogP contribution in [0.25, 0.3) is 0 Å². The van der Waals surface area contributed by atoms with Crippen LogP contribution < -0.4 is 19.3 Å². The van der Waals surface area contributed by atoms with Crippen LogP contribution in [0.4, 0.5) is 11.4 Å². The maximum absolute atomic E-state index is 6.20. The predicted molar refractivity (Wildman–Crippen MR) is 153 cm³/mol. The molecule has 1 fully saturated rings. The van der Waals surface area contributed by atoms with Crippen LogP contribution in [0.3, 0.4) is 0 Å². The van der Waals surface area contributed by atoms with Crippen molar-refractivity contribution in [2.75, 3.05) is 23.3 Å². The van der Waals surface area contributed by atoms with Crippen LogP contribution >= 0.6 is 0 Å². The number of anilines is 2. The molecule has 0 unspecified atom stereocenters. The second-order valence-electron chi connectivity index (χ2n) is 10.9. The first-order valence-electron chi connectivity index (χ1n) is 13.9. The normalized spacial score (nSPS) is 18.1. The van der Waals surface area contributed by atoms with Gasteiger partial charge in [-0.15, -0.1) is 0 Å². The third-order valence-electron chi connectivity index (χ3n) is 8.65. The molecule has 0 radical (unpaired) electrons. The minimum absolute atomic E-state index is 0.0202. The van der Waals surface area contributed by atoms with Crippen LogP contribution in [0.15, 0.2) is 97.1 Å². The molecular weight excluding hydrogens is 468 g/mol. The first kappa shape index (κ1) is 23.2. The zero-order chi connectivity index (χ0) is 25.4. The fourth-order valence-electron chi connectivity index (χ4n) is 6.59. The van der Waals surface area contributed by atoms with E-state index in [2.05, 4.69) is 107 Å². The number of hydrogen-bond acceptors (Lipinski definition) is 4. The first-order valence-corrected chi connectivity index (χ1v) is 13.9. The van der Waals surface area contributed by atoms with E-state index in [1.165, 1.54) is 65.7 Å². The average Bonchev–Trinajstić information content (AvgIpc) is 3.01. The molecule has 38 heavy (non-hydrogen) atoms. The number of para-hydroxylation sites is 2. The molecule has 1 saturated carbocycles. The van der Waals surface area contributed by atoms with Crippen molar-refractivity contribution in [2.45, 2.75) is 50.6 Å². The average molecular weight is 503 g/mol. The van der Waals surface area contributed by atoms with Gasteiger partial charge in [0.25, 0.3) is 0 Å². The Morgan fingerprint density at radius 2 is 1.00 bits per heavy atom. The van der Waals surface area contributed by atoms with Crippen molar-refractivity contribution < 1.29 is 9.47 Å². The van der Waals surface area contributed by atoms with Crippen LogP contribution in [0, 0.1) is 0 Å². The van der Waals surface area contributed by atoms with Gasteiger partial charge in [0.1, 0.15) is 11.5 Å². The van der Waals surface area contributed by atoms with E-state index in [9.17, 15) is 0 Å². The van der Waals surface area contributed by atoms with Gasteiger partial charge in [-0.2, -0.15) is 0 Å². The number of ether oxygens (including phenoxy) is 2. The summed E-state index contributed by atoms with van der Waals surface area (Å²) in [7, 11) is 0. The van der Waals surface area contributed by atoms with Gasteiger partial charge in [0, 0.05) is 41.0 Å². The molecule has 192 valence electrons. The van der Waals surface area contributed by atoms with Gasteiger partial charge in [-0.1, -0.05) is 67.8 Å². The summed E-state index contributed by atoms with van der Waals surface area (Å²) in [6.07, 6.45) is 6.18. The summed E-state index contributed by atoms with van der Waals surface area (Å²) in [5.41, 5.74) is 7.82. The van der Waals surface area contributed by atoms with Gasteiger partial charge < -0.3 is 19.3 Å². The molecule has 7 rings (SSSR count). The van der Waals surface area contributed by atoms with Crippen molar-refractivity contribution in [1.29, 1.82) is 0 Å². The minimum atomic E-state index is 0.0202.